The number of ether oxygens (including phenoxy) is 2. The predicted octanol–water partition coefficient (Wildman–Crippen LogP) is 2.46. The highest BCUT2D eigenvalue weighted by Crippen LogP contribution is 2.42. The molecule has 0 saturated carbocycles. The molecule has 0 aromatic rings. The maximum atomic E-state index is 10.5. The van der Waals surface area contributed by atoms with E-state index in [9.17, 15) is 5.11 Å². The first-order chi connectivity index (χ1) is 8.71. The molecule has 2 rings (SSSR count). The molecule has 2 heterocycles. The summed E-state index contributed by atoms with van der Waals surface area (Å²) in [7, 11) is 1.71. The SMILES string of the molecule is CCCC(OC)C(O)C1CCOC2(CCSC2)C1. The summed E-state index contributed by atoms with van der Waals surface area (Å²) < 4.78 is 11.5. The first kappa shape index (κ1) is 14.6. The number of hydrogen-bond acceptors (Lipinski definition) is 4. The van der Waals surface area contributed by atoms with E-state index >= 15 is 0 Å². The molecular formula is C14H26O3S. The van der Waals surface area contributed by atoms with E-state index in [0.717, 1.165) is 44.5 Å². The number of thioether (sulfide) groups is 1. The standard InChI is InChI=1S/C14H26O3S/c1-3-4-12(16-2)13(15)11-5-7-17-14(9-11)6-8-18-10-14/h11-13,15H,3-10H2,1-2H3. The molecule has 2 aliphatic rings. The third-order valence-corrected chi connectivity index (χ3v) is 5.56. The Labute approximate surface area is 115 Å². The summed E-state index contributed by atoms with van der Waals surface area (Å²) >= 11 is 1.98. The average molecular weight is 274 g/mol. The number of rotatable bonds is 5. The van der Waals surface area contributed by atoms with Crippen molar-refractivity contribution < 1.29 is 14.6 Å². The highest BCUT2D eigenvalue weighted by Gasteiger charge is 2.43. The Morgan fingerprint density at radius 2 is 2.39 bits per heavy atom. The maximum absolute atomic E-state index is 10.5. The zero-order chi connectivity index (χ0) is 13.0. The van der Waals surface area contributed by atoms with Gasteiger partial charge in [0.15, 0.2) is 0 Å². The number of hydrogen-bond donors (Lipinski definition) is 1. The lowest BCUT2D eigenvalue weighted by molar-refractivity contribution is -0.125. The van der Waals surface area contributed by atoms with Crippen LogP contribution in [0, 0.1) is 5.92 Å². The lowest BCUT2D eigenvalue weighted by Gasteiger charge is -2.41. The minimum absolute atomic E-state index is 0.00999. The molecule has 4 unspecified atom stereocenters. The molecule has 4 heteroatoms. The van der Waals surface area contributed by atoms with Gasteiger partial charge in [0.25, 0.3) is 0 Å². The van der Waals surface area contributed by atoms with E-state index in [1.165, 1.54) is 5.75 Å². The summed E-state index contributed by atoms with van der Waals surface area (Å²) in [6, 6.07) is 0. The van der Waals surface area contributed by atoms with Crippen LogP contribution < -0.4 is 0 Å². The fourth-order valence-electron chi connectivity index (χ4n) is 3.24. The van der Waals surface area contributed by atoms with Gasteiger partial charge in [-0.05, 0) is 37.4 Å². The molecule has 0 bridgehead atoms. The van der Waals surface area contributed by atoms with Gasteiger partial charge < -0.3 is 14.6 Å². The third-order valence-electron chi connectivity index (χ3n) is 4.34. The molecule has 1 spiro atoms. The quantitative estimate of drug-likeness (QED) is 0.836. The normalized spacial score (nSPS) is 35.8. The minimum Gasteiger partial charge on any atom is -0.390 e. The van der Waals surface area contributed by atoms with Crippen LogP contribution in [0.15, 0.2) is 0 Å². The topological polar surface area (TPSA) is 38.7 Å². The van der Waals surface area contributed by atoms with E-state index in [4.69, 9.17) is 9.47 Å². The summed E-state index contributed by atoms with van der Waals surface area (Å²) in [4.78, 5) is 0. The minimum atomic E-state index is -0.332. The smallest absolute Gasteiger partial charge is 0.0832 e. The van der Waals surface area contributed by atoms with Gasteiger partial charge in [0.2, 0.25) is 0 Å². The fraction of sp³-hybridized carbons (Fsp3) is 1.00. The Kier molecular flexibility index (Phi) is 5.36. The third kappa shape index (κ3) is 3.21. The Morgan fingerprint density at radius 3 is 3.00 bits per heavy atom. The second-order valence-electron chi connectivity index (χ2n) is 5.64. The summed E-state index contributed by atoms with van der Waals surface area (Å²) in [5, 5.41) is 10.5. The van der Waals surface area contributed by atoms with E-state index < -0.39 is 0 Å². The molecule has 2 saturated heterocycles. The Hall–Kier alpha value is 0.230. The largest absolute Gasteiger partial charge is 0.390 e. The van der Waals surface area contributed by atoms with Crippen LogP contribution in [-0.2, 0) is 9.47 Å². The van der Waals surface area contributed by atoms with Gasteiger partial charge in [0, 0.05) is 19.5 Å². The van der Waals surface area contributed by atoms with Gasteiger partial charge >= 0.3 is 0 Å². The average Bonchev–Trinajstić information content (AvgIpc) is 2.83. The molecule has 18 heavy (non-hydrogen) atoms. The van der Waals surface area contributed by atoms with E-state index in [0.29, 0.717) is 5.92 Å². The summed E-state index contributed by atoms with van der Waals surface area (Å²) in [6.45, 7) is 2.93. The fourth-order valence-corrected chi connectivity index (χ4v) is 4.61. The van der Waals surface area contributed by atoms with Gasteiger partial charge in [-0.1, -0.05) is 13.3 Å². The Bertz CT molecular complexity index is 253. The molecule has 2 aliphatic heterocycles. The number of aliphatic hydroxyl groups excluding tert-OH is 1. The Balaban J connectivity index is 1.94. The van der Waals surface area contributed by atoms with E-state index in [-0.39, 0.29) is 17.8 Å². The second-order valence-corrected chi connectivity index (χ2v) is 6.75. The van der Waals surface area contributed by atoms with Gasteiger partial charge in [0.1, 0.15) is 0 Å². The van der Waals surface area contributed by atoms with Crippen molar-refractivity contribution in [3.8, 4) is 0 Å². The lowest BCUT2D eigenvalue weighted by atomic mass is 9.80. The van der Waals surface area contributed by atoms with Crippen molar-refractivity contribution in [2.24, 2.45) is 5.92 Å². The van der Waals surface area contributed by atoms with Crippen molar-refractivity contribution in [3.63, 3.8) is 0 Å². The van der Waals surface area contributed by atoms with Crippen LogP contribution in [0.3, 0.4) is 0 Å². The molecular weight excluding hydrogens is 248 g/mol. The van der Waals surface area contributed by atoms with E-state index in [1.807, 2.05) is 11.8 Å². The molecule has 106 valence electrons. The van der Waals surface area contributed by atoms with Crippen LogP contribution in [0.5, 0.6) is 0 Å². The molecule has 0 amide bonds. The molecule has 2 fully saturated rings. The maximum Gasteiger partial charge on any atom is 0.0832 e. The van der Waals surface area contributed by atoms with Crippen molar-refractivity contribution in [3.05, 3.63) is 0 Å². The molecule has 3 nitrogen and oxygen atoms in total. The second kappa shape index (κ2) is 6.60. The van der Waals surface area contributed by atoms with Crippen LogP contribution in [0.2, 0.25) is 0 Å². The molecule has 0 radical (unpaired) electrons. The number of aliphatic hydroxyl groups is 1. The predicted molar refractivity (Wildman–Crippen MR) is 75.1 cm³/mol. The van der Waals surface area contributed by atoms with Crippen molar-refractivity contribution in [1.29, 1.82) is 0 Å². The van der Waals surface area contributed by atoms with Gasteiger partial charge in [-0.3, -0.25) is 0 Å². The van der Waals surface area contributed by atoms with Crippen LogP contribution in [-0.4, -0.2) is 48.1 Å². The van der Waals surface area contributed by atoms with Crippen LogP contribution in [0.25, 0.3) is 0 Å². The monoisotopic (exact) mass is 274 g/mol. The molecule has 4 atom stereocenters. The lowest BCUT2D eigenvalue weighted by Crippen LogP contribution is -2.46. The molecule has 1 N–H and O–H groups in total. The molecule has 0 aromatic carbocycles. The van der Waals surface area contributed by atoms with Gasteiger partial charge in [-0.15, -0.1) is 0 Å². The van der Waals surface area contributed by atoms with Gasteiger partial charge in [0.05, 0.1) is 17.8 Å². The molecule has 0 aromatic heterocycles. The first-order valence-electron chi connectivity index (χ1n) is 7.13. The van der Waals surface area contributed by atoms with Crippen LogP contribution in [0.4, 0.5) is 0 Å². The number of methoxy groups -OCH3 is 1. The highest BCUT2D eigenvalue weighted by molar-refractivity contribution is 7.99. The summed E-state index contributed by atoms with van der Waals surface area (Å²) in [6.07, 6.45) is 4.77. The van der Waals surface area contributed by atoms with Crippen molar-refractivity contribution in [2.75, 3.05) is 25.2 Å². The first-order valence-corrected chi connectivity index (χ1v) is 8.29. The van der Waals surface area contributed by atoms with Crippen molar-refractivity contribution in [1.82, 2.24) is 0 Å². The summed E-state index contributed by atoms with van der Waals surface area (Å²) in [5.74, 6) is 2.64. The van der Waals surface area contributed by atoms with E-state index in [2.05, 4.69) is 6.92 Å². The van der Waals surface area contributed by atoms with E-state index in [1.54, 1.807) is 7.11 Å². The van der Waals surface area contributed by atoms with Gasteiger partial charge in [-0.25, -0.2) is 0 Å². The van der Waals surface area contributed by atoms with Crippen molar-refractivity contribution in [2.45, 2.75) is 56.8 Å². The zero-order valence-electron chi connectivity index (χ0n) is 11.6. The van der Waals surface area contributed by atoms with Crippen molar-refractivity contribution >= 4 is 11.8 Å². The highest BCUT2D eigenvalue weighted by atomic mass is 32.2. The zero-order valence-corrected chi connectivity index (χ0v) is 12.4. The van der Waals surface area contributed by atoms with Crippen LogP contribution in [0.1, 0.15) is 39.0 Å². The molecule has 0 aliphatic carbocycles. The Morgan fingerprint density at radius 1 is 1.56 bits per heavy atom. The van der Waals surface area contributed by atoms with Gasteiger partial charge in [-0.2, -0.15) is 11.8 Å². The van der Waals surface area contributed by atoms with Crippen LogP contribution >= 0.6 is 11.8 Å². The summed E-state index contributed by atoms with van der Waals surface area (Å²) in [5.41, 5.74) is 0.0546.